The lowest BCUT2D eigenvalue weighted by molar-refractivity contribution is -0.137. The smallest absolute Gasteiger partial charge is 0.349 e. The van der Waals surface area contributed by atoms with Gasteiger partial charge in [0.25, 0.3) is 0 Å². The average molecular weight is 513 g/mol. The highest BCUT2D eigenvalue weighted by Gasteiger charge is 2.30. The van der Waals surface area contributed by atoms with Crippen LogP contribution < -0.4 is 5.32 Å². The maximum absolute atomic E-state index is 12.8. The Bertz CT molecular complexity index is 1150. The number of likely N-dealkylation sites (tertiary alicyclic amines) is 1. The fourth-order valence-electron chi connectivity index (χ4n) is 4.88. The Balaban J connectivity index is 1.24. The van der Waals surface area contributed by atoms with E-state index in [0.717, 1.165) is 73.5 Å². The van der Waals surface area contributed by atoms with Gasteiger partial charge in [0.1, 0.15) is 0 Å². The second kappa shape index (κ2) is 11.9. The summed E-state index contributed by atoms with van der Waals surface area (Å²) in [6.45, 7) is 6.69. The number of carbonyl (C=O) groups is 1. The van der Waals surface area contributed by atoms with Crippen LogP contribution in [0.2, 0.25) is 0 Å². The fourth-order valence-corrected chi connectivity index (χ4v) is 4.88. The minimum absolute atomic E-state index is 0.0270. The summed E-state index contributed by atoms with van der Waals surface area (Å²) in [7, 11) is 0. The molecule has 5 nitrogen and oxygen atoms in total. The lowest BCUT2D eigenvalue weighted by Crippen LogP contribution is -2.41. The molecule has 1 aromatic heterocycles. The Morgan fingerprint density at radius 1 is 1.05 bits per heavy atom. The molecule has 0 aliphatic carbocycles. The number of alkyl halides is 3. The highest BCUT2D eigenvalue weighted by molar-refractivity contribution is 5.78. The number of hydrogen-bond donors (Lipinski definition) is 1. The lowest BCUT2D eigenvalue weighted by Gasteiger charge is -2.31. The van der Waals surface area contributed by atoms with Crippen molar-refractivity contribution >= 4 is 5.91 Å². The van der Waals surface area contributed by atoms with Gasteiger partial charge in [-0.1, -0.05) is 44.2 Å². The summed E-state index contributed by atoms with van der Waals surface area (Å²) in [5, 5.41) is 7.76. The molecule has 0 bridgehead atoms. The molecule has 0 atom stereocenters. The Morgan fingerprint density at radius 2 is 1.73 bits per heavy atom. The minimum atomic E-state index is -4.30. The standard InChI is InChI=1S/C29H35F3N4O/c1-21(2)16-27-18-25(34-36(27)26-6-4-3-5-7-26)19-33-28(37)20-35-14-12-23(13-15-35)17-22-8-10-24(11-9-22)29(30,31)32/h3-11,18,21,23H,12-17,19-20H2,1-2H3,(H,33,37). The van der Waals surface area contributed by atoms with Gasteiger partial charge in [-0.25, -0.2) is 4.68 Å². The molecule has 2 heterocycles. The van der Waals surface area contributed by atoms with Crippen molar-refractivity contribution in [2.45, 2.75) is 52.3 Å². The summed E-state index contributed by atoms with van der Waals surface area (Å²) >= 11 is 0. The molecule has 3 aromatic rings. The number of benzene rings is 2. The van der Waals surface area contributed by atoms with E-state index in [1.54, 1.807) is 12.1 Å². The third-order valence-corrected chi connectivity index (χ3v) is 6.80. The maximum atomic E-state index is 12.8. The topological polar surface area (TPSA) is 50.2 Å². The fraction of sp³-hybridized carbons (Fsp3) is 0.448. The van der Waals surface area contributed by atoms with E-state index in [4.69, 9.17) is 5.10 Å². The van der Waals surface area contributed by atoms with E-state index >= 15 is 0 Å². The van der Waals surface area contributed by atoms with Gasteiger partial charge in [-0.15, -0.1) is 0 Å². The van der Waals surface area contributed by atoms with Crippen molar-refractivity contribution in [3.63, 3.8) is 0 Å². The molecule has 1 amide bonds. The van der Waals surface area contributed by atoms with Gasteiger partial charge >= 0.3 is 6.18 Å². The predicted octanol–water partition coefficient (Wildman–Crippen LogP) is 5.66. The first-order valence-electron chi connectivity index (χ1n) is 13.0. The summed E-state index contributed by atoms with van der Waals surface area (Å²) in [5.74, 6) is 0.877. The number of piperidine rings is 1. The summed E-state index contributed by atoms with van der Waals surface area (Å²) in [4.78, 5) is 14.8. The third kappa shape index (κ3) is 7.68. The molecule has 1 N–H and O–H groups in total. The van der Waals surface area contributed by atoms with Crippen LogP contribution in [-0.2, 0) is 30.4 Å². The number of amides is 1. The molecule has 8 heteroatoms. The first kappa shape index (κ1) is 26.9. The number of rotatable bonds is 9. The van der Waals surface area contributed by atoms with Crippen LogP contribution in [-0.4, -0.2) is 40.2 Å². The average Bonchev–Trinajstić information content (AvgIpc) is 3.26. The van der Waals surface area contributed by atoms with Crippen LogP contribution in [0.1, 0.15) is 49.2 Å². The van der Waals surface area contributed by atoms with E-state index in [0.29, 0.717) is 24.9 Å². The van der Waals surface area contributed by atoms with Crippen LogP contribution in [0.4, 0.5) is 13.2 Å². The van der Waals surface area contributed by atoms with E-state index in [9.17, 15) is 18.0 Å². The molecule has 4 rings (SSSR count). The Kier molecular flexibility index (Phi) is 8.69. The number of carbonyl (C=O) groups excluding carboxylic acids is 1. The SMILES string of the molecule is CC(C)Cc1cc(CNC(=O)CN2CCC(Cc3ccc(C(F)(F)F)cc3)CC2)nn1-c1ccccc1. The molecule has 198 valence electrons. The van der Waals surface area contributed by atoms with Gasteiger partial charge in [-0.2, -0.15) is 18.3 Å². The highest BCUT2D eigenvalue weighted by atomic mass is 19.4. The first-order chi connectivity index (χ1) is 17.7. The molecule has 1 fully saturated rings. The maximum Gasteiger partial charge on any atom is 0.416 e. The highest BCUT2D eigenvalue weighted by Crippen LogP contribution is 2.30. The van der Waals surface area contributed by atoms with Crippen molar-refractivity contribution in [2.75, 3.05) is 19.6 Å². The molecule has 1 saturated heterocycles. The van der Waals surface area contributed by atoms with E-state index < -0.39 is 11.7 Å². The second-order valence-electron chi connectivity index (χ2n) is 10.4. The molecule has 1 aliphatic heterocycles. The zero-order chi connectivity index (χ0) is 26.4. The number of aromatic nitrogens is 2. The molecule has 2 aromatic carbocycles. The van der Waals surface area contributed by atoms with E-state index in [1.165, 1.54) is 0 Å². The van der Waals surface area contributed by atoms with Crippen molar-refractivity contribution in [3.05, 3.63) is 83.2 Å². The summed E-state index contributed by atoms with van der Waals surface area (Å²) in [6.07, 6.45) is -0.788. The van der Waals surface area contributed by atoms with Crippen LogP contribution in [0.15, 0.2) is 60.7 Å². The van der Waals surface area contributed by atoms with Crippen LogP contribution in [0, 0.1) is 11.8 Å². The van der Waals surface area contributed by atoms with Crippen molar-refractivity contribution in [1.29, 1.82) is 0 Å². The zero-order valence-corrected chi connectivity index (χ0v) is 21.5. The predicted molar refractivity (Wildman–Crippen MR) is 138 cm³/mol. The number of para-hydroxylation sites is 1. The summed E-state index contributed by atoms with van der Waals surface area (Å²) in [6, 6.07) is 17.6. The monoisotopic (exact) mass is 512 g/mol. The van der Waals surface area contributed by atoms with Gasteiger partial charge < -0.3 is 5.32 Å². The van der Waals surface area contributed by atoms with Crippen LogP contribution in [0.5, 0.6) is 0 Å². The molecule has 1 aliphatic rings. The lowest BCUT2D eigenvalue weighted by atomic mass is 9.90. The third-order valence-electron chi connectivity index (χ3n) is 6.80. The second-order valence-corrected chi connectivity index (χ2v) is 10.4. The van der Waals surface area contributed by atoms with Gasteiger partial charge in [0.15, 0.2) is 0 Å². The van der Waals surface area contributed by atoms with E-state index in [1.807, 2.05) is 35.0 Å². The number of hydrogen-bond acceptors (Lipinski definition) is 3. The van der Waals surface area contributed by atoms with Gasteiger partial charge in [-0.3, -0.25) is 9.69 Å². The molecule has 37 heavy (non-hydrogen) atoms. The molecular formula is C29H35F3N4O. The quantitative estimate of drug-likeness (QED) is 0.403. The van der Waals surface area contributed by atoms with E-state index in [2.05, 4.69) is 30.1 Å². The Labute approximate surface area is 216 Å². The van der Waals surface area contributed by atoms with Crippen molar-refractivity contribution in [1.82, 2.24) is 20.0 Å². The summed E-state index contributed by atoms with van der Waals surface area (Å²) < 4.78 is 40.3. The number of halogens is 3. The number of nitrogens with one attached hydrogen (secondary N) is 1. The van der Waals surface area contributed by atoms with Crippen LogP contribution in [0.25, 0.3) is 5.69 Å². The van der Waals surface area contributed by atoms with Gasteiger partial charge in [0.05, 0.1) is 30.0 Å². The molecule has 0 saturated carbocycles. The summed E-state index contributed by atoms with van der Waals surface area (Å²) in [5.41, 5.74) is 3.29. The van der Waals surface area contributed by atoms with Crippen LogP contribution in [0.3, 0.4) is 0 Å². The molecular weight excluding hydrogens is 477 g/mol. The zero-order valence-electron chi connectivity index (χ0n) is 21.5. The van der Waals surface area contributed by atoms with Crippen LogP contribution >= 0.6 is 0 Å². The Hall–Kier alpha value is -3.13. The van der Waals surface area contributed by atoms with Gasteiger partial charge in [-0.05, 0) is 86.5 Å². The van der Waals surface area contributed by atoms with Crippen molar-refractivity contribution in [2.24, 2.45) is 11.8 Å². The Morgan fingerprint density at radius 3 is 2.35 bits per heavy atom. The molecule has 0 unspecified atom stereocenters. The van der Waals surface area contributed by atoms with Gasteiger partial charge in [0.2, 0.25) is 5.91 Å². The normalized spacial score (nSPS) is 15.3. The molecule has 0 radical (unpaired) electrons. The number of nitrogens with zero attached hydrogens (tertiary/aromatic N) is 3. The van der Waals surface area contributed by atoms with E-state index in [-0.39, 0.29) is 5.91 Å². The minimum Gasteiger partial charge on any atom is -0.349 e. The molecule has 0 spiro atoms. The van der Waals surface area contributed by atoms with Gasteiger partial charge in [0, 0.05) is 5.69 Å². The van der Waals surface area contributed by atoms with Crippen molar-refractivity contribution < 1.29 is 18.0 Å². The van der Waals surface area contributed by atoms with Crippen molar-refractivity contribution in [3.8, 4) is 5.69 Å². The largest absolute Gasteiger partial charge is 0.416 e. The first-order valence-corrected chi connectivity index (χ1v) is 13.0.